The molecule has 0 aromatic heterocycles. The molecule has 1 heterocycles. The van der Waals surface area contributed by atoms with E-state index in [1.165, 1.54) is 0 Å². The van der Waals surface area contributed by atoms with E-state index in [4.69, 9.17) is 11.6 Å². The van der Waals surface area contributed by atoms with Crippen LogP contribution in [-0.4, -0.2) is 30.8 Å². The van der Waals surface area contributed by atoms with Gasteiger partial charge in [-0.05, 0) is 18.2 Å². The fourth-order valence-electron chi connectivity index (χ4n) is 2.43. The van der Waals surface area contributed by atoms with Crippen LogP contribution in [0.5, 0.6) is 0 Å². The quantitative estimate of drug-likeness (QED) is 0.681. The van der Waals surface area contributed by atoms with Crippen LogP contribution in [-0.2, 0) is 4.79 Å². The van der Waals surface area contributed by atoms with Crippen molar-refractivity contribution >= 4 is 29.0 Å². The number of hydrogen-bond donors (Lipinski definition) is 1. The first kappa shape index (κ1) is 14.6. The summed E-state index contributed by atoms with van der Waals surface area (Å²) < 4.78 is 0. The van der Waals surface area contributed by atoms with Gasteiger partial charge in [-0.25, -0.2) is 0 Å². The van der Waals surface area contributed by atoms with Gasteiger partial charge in [-0.3, -0.25) is 9.59 Å². The van der Waals surface area contributed by atoms with Crippen molar-refractivity contribution in [3.05, 3.63) is 65.2 Å². The van der Waals surface area contributed by atoms with Crippen molar-refractivity contribution in [2.45, 2.75) is 6.04 Å². The van der Waals surface area contributed by atoms with Gasteiger partial charge < -0.3 is 10.2 Å². The van der Waals surface area contributed by atoms with Gasteiger partial charge in [0.2, 0.25) is 5.91 Å². The predicted molar refractivity (Wildman–Crippen MR) is 86.4 cm³/mol. The molecule has 4 nitrogen and oxygen atoms in total. The fourth-order valence-corrected chi connectivity index (χ4v) is 2.62. The Morgan fingerprint density at radius 3 is 2.55 bits per heavy atom. The highest BCUT2D eigenvalue weighted by atomic mass is 35.5. The number of hydrogen-bond acceptors (Lipinski definition) is 3. The Bertz CT molecular complexity index is 703. The molecule has 0 radical (unpaired) electrons. The molecule has 1 aliphatic heterocycles. The maximum absolute atomic E-state index is 12.5. The molecular weight excluding hydrogens is 300 g/mol. The number of nitrogens with zero attached hydrogens (tertiary/aromatic N) is 1. The van der Waals surface area contributed by atoms with Gasteiger partial charge in [0.15, 0.2) is 5.78 Å². The Kier molecular flexibility index (Phi) is 4.11. The third-order valence-corrected chi connectivity index (χ3v) is 3.93. The highest BCUT2D eigenvalue weighted by Crippen LogP contribution is 2.23. The third-order valence-electron chi connectivity index (χ3n) is 3.70. The summed E-state index contributed by atoms with van der Waals surface area (Å²) in [4.78, 5) is 26.0. The average Bonchev–Trinajstić information content (AvgIpc) is 2.53. The molecule has 0 saturated carbocycles. The van der Waals surface area contributed by atoms with Gasteiger partial charge in [0.1, 0.15) is 6.04 Å². The van der Waals surface area contributed by atoms with Gasteiger partial charge in [0.05, 0.1) is 6.54 Å². The van der Waals surface area contributed by atoms with Crippen molar-refractivity contribution < 1.29 is 9.59 Å². The first-order chi connectivity index (χ1) is 10.6. The van der Waals surface area contributed by atoms with Crippen LogP contribution >= 0.6 is 11.6 Å². The summed E-state index contributed by atoms with van der Waals surface area (Å²) in [5.41, 5.74) is 1.41. The lowest BCUT2D eigenvalue weighted by molar-refractivity contribution is -0.127. The van der Waals surface area contributed by atoms with Crippen LogP contribution in [0.1, 0.15) is 10.4 Å². The smallest absolute Gasteiger partial charge is 0.244 e. The summed E-state index contributed by atoms with van der Waals surface area (Å²) in [5, 5.41) is 3.29. The van der Waals surface area contributed by atoms with Gasteiger partial charge in [0.25, 0.3) is 0 Å². The van der Waals surface area contributed by atoms with Crippen molar-refractivity contribution in [2.24, 2.45) is 0 Å². The fraction of sp³-hybridized carbons (Fsp3) is 0.176. The maximum Gasteiger partial charge on any atom is 0.244 e. The van der Waals surface area contributed by atoms with Crippen molar-refractivity contribution in [3.8, 4) is 0 Å². The van der Waals surface area contributed by atoms with E-state index in [0.717, 1.165) is 5.69 Å². The Morgan fingerprint density at radius 2 is 1.95 bits per heavy atom. The molecule has 1 amide bonds. The molecular formula is C17H15ClN2O2. The number of β-lactam (4-membered cyclic amide) rings is 1. The number of nitrogens with one attached hydrogen (secondary N) is 1. The van der Waals surface area contributed by atoms with E-state index >= 15 is 0 Å². The van der Waals surface area contributed by atoms with Crippen LogP contribution < -0.4 is 10.2 Å². The van der Waals surface area contributed by atoms with Crippen LogP contribution in [0, 0.1) is 0 Å². The Hall–Kier alpha value is -2.33. The molecule has 22 heavy (non-hydrogen) atoms. The lowest BCUT2D eigenvalue weighted by atomic mass is 10.1. The summed E-state index contributed by atoms with van der Waals surface area (Å²) >= 11 is 6.03. The van der Waals surface area contributed by atoms with Crippen molar-refractivity contribution in [2.75, 3.05) is 18.0 Å². The molecule has 1 aliphatic rings. The largest absolute Gasteiger partial charge is 0.352 e. The highest BCUT2D eigenvalue weighted by Gasteiger charge is 2.34. The zero-order chi connectivity index (χ0) is 15.5. The average molecular weight is 315 g/mol. The van der Waals surface area contributed by atoms with Gasteiger partial charge in [-0.15, -0.1) is 0 Å². The molecule has 2 aromatic carbocycles. The molecule has 1 atom stereocenters. The number of Topliss-reactive ketones (excluding diaryl/α,β-unsaturated/α-hetero) is 1. The first-order valence-electron chi connectivity index (χ1n) is 7.03. The number of carbonyl (C=O) groups excluding carboxylic acids is 2. The Labute approximate surface area is 133 Å². The molecule has 3 rings (SSSR count). The minimum Gasteiger partial charge on any atom is -0.352 e. The van der Waals surface area contributed by atoms with Gasteiger partial charge in [-0.2, -0.15) is 0 Å². The molecule has 0 bridgehead atoms. The number of rotatable bonds is 5. The van der Waals surface area contributed by atoms with Gasteiger partial charge in [0, 0.05) is 22.8 Å². The zero-order valence-electron chi connectivity index (χ0n) is 11.8. The van der Waals surface area contributed by atoms with E-state index in [9.17, 15) is 9.59 Å². The third kappa shape index (κ3) is 2.97. The lowest BCUT2D eigenvalue weighted by Gasteiger charge is -2.38. The van der Waals surface area contributed by atoms with E-state index in [2.05, 4.69) is 5.32 Å². The van der Waals surface area contributed by atoms with Crippen molar-refractivity contribution in [3.63, 3.8) is 0 Å². The standard InChI is InChI=1S/C17H15ClN2O2/c18-13-7-4-8-14(9-13)20(15-10-19-17(15)22)11-16(21)12-5-2-1-3-6-12/h1-9,15H,10-11H2,(H,19,22). The summed E-state index contributed by atoms with van der Waals surface area (Å²) in [6, 6.07) is 16.0. The Morgan fingerprint density at radius 1 is 1.18 bits per heavy atom. The molecule has 2 aromatic rings. The zero-order valence-corrected chi connectivity index (χ0v) is 12.6. The van der Waals surface area contributed by atoms with Crippen LogP contribution in [0.3, 0.4) is 0 Å². The van der Waals surface area contributed by atoms with Gasteiger partial charge >= 0.3 is 0 Å². The second-order valence-corrected chi connectivity index (χ2v) is 5.59. The normalized spacial score (nSPS) is 16.6. The topological polar surface area (TPSA) is 49.4 Å². The summed E-state index contributed by atoms with van der Waals surface area (Å²) in [6.07, 6.45) is 0. The molecule has 5 heteroatoms. The number of amides is 1. The monoisotopic (exact) mass is 314 g/mol. The molecule has 0 spiro atoms. The SMILES string of the molecule is O=C(CN(c1cccc(Cl)c1)C1CNC1=O)c1ccccc1. The summed E-state index contributed by atoms with van der Waals surface area (Å²) in [7, 11) is 0. The molecule has 1 fully saturated rings. The number of ketones is 1. The van der Waals surface area contributed by atoms with E-state index in [1.807, 2.05) is 30.3 Å². The van der Waals surface area contributed by atoms with E-state index < -0.39 is 0 Å². The first-order valence-corrected chi connectivity index (χ1v) is 7.41. The van der Waals surface area contributed by atoms with E-state index in [-0.39, 0.29) is 24.3 Å². The number of halogens is 1. The van der Waals surface area contributed by atoms with Crippen LogP contribution in [0.25, 0.3) is 0 Å². The molecule has 0 aliphatic carbocycles. The molecule has 112 valence electrons. The Balaban J connectivity index is 1.86. The van der Waals surface area contributed by atoms with E-state index in [0.29, 0.717) is 17.1 Å². The molecule has 1 unspecified atom stereocenters. The minimum atomic E-state index is -0.328. The number of carbonyl (C=O) groups is 2. The molecule has 1 saturated heterocycles. The van der Waals surface area contributed by atoms with Crippen LogP contribution in [0.15, 0.2) is 54.6 Å². The lowest BCUT2D eigenvalue weighted by Crippen LogP contribution is -2.63. The predicted octanol–water partition coefficient (Wildman–Crippen LogP) is 2.53. The summed E-state index contributed by atoms with van der Waals surface area (Å²) in [5.74, 6) is -0.0962. The number of benzene rings is 2. The molecule has 1 N–H and O–H groups in total. The minimum absolute atomic E-state index is 0.0275. The second-order valence-electron chi connectivity index (χ2n) is 5.16. The number of anilines is 1. The maximum atomic E-state index is 12.5. The highest BCUT2D eigenvalue weighted by molar-refractivity contribution is 6.30. The van der Waals surface area contributed by atoms with E-state index in [1.54, 1.807) is 29.2 Å². The van der Waals surface area contributed by atoms with Crippen LogP contribution in [0.2, 0.25) is 5.02 Å². The van der Waals surface area contributed by atoms with Crippen LogP contribution in [0.4, 0.5) is 5.69 Å². The second kappa shape index (κ2) is 6.20. The van der Waals surface area contributed by atoms with Gasteiger partial charge in [-0.1, -0.05) is 48.0 Å². The van der Waals surface area contributed by atoms with Crippen molar-refractivity contribution in [1.82, 2.24) is 5.32 Å². The summed E-state index contributed by atoms with van der Waals surface area (Å²) in [6.45, 7) is 0.676. The van der Waals surface area contributed by atoms with Crippen molar-refractivity contribution in [1.29, 1.82) is 0 Å².